The summed E-state index contributed by atoms with van der Waals surface area (Å²) < 4.78 is 27.5. The van der Waals surface area contributed by atoms with E-state index in [9.17, 15) is 18.7 Å². The van der Waals surface area contributed by atoms with Crippen LogP contribution in [0.5, 0.6) is 0 Å². The number of aliphatic hydroxyl groups excluding tert-OH is 1. The molecule has 0 spiro atoms. The first-order valence-corrected chi connectivity index (χ1v) is 8.12. The molecule has 0 aliphatic carbocycles. The number of amides is 1. The van der Waals surface area contributed by atoms with Crippen LogP contribution < -0.4 is 0 Å². The van der Waals surface area contributed by atoms with Gasteiger partial charge in [0.2, 0.25) is 5.91 Å². The Labute approximate surface area is 134 Å². The number of β-amino-alcohol motifs (C(OH)–C–C–N with tert-alkyl or cyclic N) is 1. The molecule has 0 saturated carbocycles. The van der Waals surface area contributed by atoms with E-state index in [2.05, 4.69) is 11.8 Å². The highest BCUT2D eigenvalue weighted by Gasteiger charge is 2.37. The van der Waals surface area contributed by atoms with E-state index in [1.807, 2.05) is 0 Å². The maximum atomic E-state index is 14.1. The van der Waals surface area contributed by atoms with E-state index >= 15 is 0 Å². The van der Waals surface area contributed by atoms with Gasteiger partial charge in [-0.15, -0.1) is 0 Å². The molecule has 2 saturated heterocycles. The molecule has 4 nitrogen and oxygen atoms in total. The molecule has 0 radical (unpaired) electrons. The van der Waals surface area contributed by atoms with Crippen LogP contribution in [0.1, 0.15) is 37.8 Å². The Morgan fingerprint density at radius 1 is 1.39 bits per heavy atom. The molecule has 1 aromatic rings. The lowest BCUT2D eigenvalue weighted by Gasteiger charge is -2.28. The van der Waals surface area contributed by atoms with Crippen LogP contribution in [0.4, 0.5) is 8.78 Å². The summed E-state index contributed by atoms with van der Waals surface area (Å²) in [4.78, 5) is 16.2. The second kappa shape index (κ2) is 6.53. The van der Waals surface area contributed by atoms with Gasteiger partial charge in [-0.05, 0) is 50.9 Å². The summed E-state index contributed by atoms with van der Waals surface area (Å²) in [5.41, 5.74) is 0.143. The van der Waals surface area contributed by atoms with Crippen LogP contribution in [-0.4, -0.2) is 52.6 Å². The Kier molecular flexibility index (Phi) is 4.64. The molecule has 3 unspecified atom stereocenters. The second-order valence-corrected chi connectivity index (χ2v) is 6.58. The molecule has 2 aliphatic heterocycles. The zero-order chi connectivity index (χ0) is 16.6. The van der Waals surface area contributed by atoms with Crippen molar-refractivity contribution in [2.75, 3.05) is 19.6 Å². The molecule has 2 aliphatic rings. The fourth-order valence-electron chi connectivity index (χ4n) is 3.65. The van der Waals surface area contributed by atoms with Gasteiger partial charge in [0, 0.05) is 18.2 Å². The molecule has 0 aromatic heterocycles. The highest BCUT2D eigenvalue weighted by molar-refractivity contribution is 5.79. The van der Waals surface area contributed by atoms with Gasteiger partial charge in [0.25, 0.3) is 0 Å². The molecule has 3 rings (SSSR count). The summed E-state index contributed by atoms with van der Waals surface area (Å²) in [7, 11) is 0. The Balaban J connectivity index is 1.79. The van der Waals surface area contributed by atoms with Gasteiger partial charge in [0.1, 0.15) is 11.6 Å². The van der Waals surface area contributed by atoms with Crippen molar-refractivity contribution in [2.45, 2.75) is 44.4 Å². The average molecular weight is 324 g/mol. The van der Waals surface area contributed by atoms with Gasteiger partial charge < -0.3 is 10.0 Å². The van der Waals surface area contributed by atoms with Crippen LogP contribution >= 0.6 is 0 Å². The van der Waals surface area contributed by atoms with Crippen LogP contribution in [0.3, 0.4) is 0 Å². The lowest BCUT2D eigenvalue weighted by molar-refractivity contribution is -0.133. The number of hydrogen-bond acceptors (Lipinski definition) is 3. The maximum absolute atomic E-state index is 14.1. The largest absolute Gasteiger partial charge is 0.391 e. The van der Waals surface area contributed by atoms with Crippen molar-refractivity contribution in [1.82, 2.24) is 9.80 Å². The number of carbonyl (C=O) groups excluding carboxylic acids is 1. The quantitative estimate of drug-likeness (QED) is 0.926. The van der Waals surface area contributed by atoms with E-state index in [1.165, 1.54) is 4.90 Å². The predicted molar refractivity (Wildman–Crippen MR) is 81.7 cm³/mol. The van der Waals surface area contributed by atoms with Gasteiger partial charge in [-0.2, -0.15) is 0 Å². The molecule has 23 heavy (non-hydrogen) atoms. The first-order valence-electron chi connectivity index (χ1n) is 8.12. The standard InChI is InChI=1S/C17H22F2N2O2/c1-11-3-2-6-20(11)10-17(23)21-9-13(22)8-16(21)14-7-12(18)4-5-15(14)19/h4-5,7,11,13,16,22H,2-3,6,8-10H2,1H3. The van der Waals surface area contributed by atoms with Gasteiger partial charge >= 0.3 is 0 Å². The minimum atomic E-state index is -0.706. The van der Waals surface area contributed by atoms with E-state index < -0.39 is 23.8 Å². The fourth-order valence-corrected chi connectivity index (χ4v) is 3.65. The summed E-state index contributed by atoms with van der Waals surface area (Å²) in [6.07, 6.45) is 1.67. The minimum absolute atomic E-state index is 0.135. The third kappa shape index (κ3) is 3.38. The Morgan fingerprint density at radius 2 is 2.17 bits per heavy atom. The van der Waals surface area contributed by atoms with Crippen LogP contribution in [0.2, 0.25) is 0 Å². The molecule has 2 heterocycles. The van der Waals surface area contributed by atoms with Crippen molar-refractivity contribution in [3.63, 3.8) is 0 Å². The van der Waals surface area contributed by atoms with Gasteiger partial charge in [0.05, 0.1) is 18.7 Å². The number of likely N-dealkylation sites (tertiary alicyclic amines) is 2. The van der Waals surface area contributed by atoms with Crippen molar-refractivity contribution >= 4 is 5.91 Å². The summed E-state index contributed by atoms with van der Waals surface area (Å²) >= 11 is 0. The van der Waals surface area contributed by atoms with Gasteiger partial charge in [-0.25, -0.2) is 8.78 Å². The van der Waals surface area contributed by atoms with Gasteiger partial charge in [-0.1, -0.05) is 0 Å². The lowest BCUT2D eigenvalue weighted by Crippen LogP contribution is -2.41. The zero-order valence-electron chi connectivity index (χ0n) is 13.2. The Morgan fingerprint density at radius 3 is 2.87 bits per heavy atom. The number of rotatable bonds is 3. The molecule has 1 N–H and O–H groups in total. The lowest BCUT2D eigenvalue weighted by atomic mass is 10.0. The number of benzene rings is 1. The third-order valence-electron chi connectivity index (χ3n) is 4.95. The molecular formula is C17H22F2N2O2. The highest BCUT2D eigenvalue weighted by Crippen LogP contribution is 2.34. The molecule has 6 heteroatoms. The van der Waals surface area contributed by atoms with E-state index in [4.69, 9.17) is 0 Å². The molecule has 126 valence electrons. The molecule has 1 amide bonds. The zero-order valence-corrected chi connectivity index (χ0v) is 13.2. The van der Waals surface area contributed by atoms with Gasteiger partial charge in [0.15, 0.2) is 0 Å². The summed E-state index contributed by atoms with van der Waals surface area (Å²) in [5, 5.41) is 9.93. The molecule has 2 fully saturated rings. The molecular weight excluding hydrogens is 302 g/mol. The topological polar surface area (TPSA) is 43.8 Å². The van der Waals surface area contributed by atoms with Crippen LogP contribution in [-0.2, 0) is 4.79 Å². The molecule has 0 bridgehead atoms. The Bertz CT molecular complexity index is 596. The normalized spacial score (nSPS) is 28.5. The van der Waals surface area contributed by atoms with Crippen LogP contribution in [0.15, 0.2) is 18.2 Å². The van der Waals surface area contributed by atoms with E-state index in [0.717, 1.165) is 37.6 Å². The van der Waals surface area contributed by atoms with Crippen LogP contribution in [0.25, 0.3) is 0 Å². The highest BCUT2D eigenvalue weighted by atomic mass is 19.1. The van der Waals surface area contributed by atoms with Crippen molar-refractivity contribution in [3.05, 3.63) is 35.4 Å². The number of carbonyl (C=O) groups is 1. The minimum Gasteiger partial charge on any atom is -0.391 e. The fraction of sp³-hybridized carbons (Fsp3) is 0.588. The maximum Gasteiger partial charge on any atom is 0.237 e. The van der Waals surface area contributed by atoms with Crippen molar-refractivity contribution in [2.24, 2.45) is 0 Å². The molecule has 1 aromatic carbocycles. The summed E-state index contributed by atoms with van der Waals surface area (Å²) in [5.74, 6) is -1.22. The average Bonchev–Trinajstić information content (AvgIpc) is 3.08. The first kappa shape index (κ1) is 16.3. The smallest absolute Gasteiger partial charge is 0.237 e. The number of hydrogen-bond donors (Lipinski definition) is 1. The van der Waals surface area contributed by atoms with E-state index in [1.54, 1.807) is 0 Å². The monoisotopic (exact) mass is 324 g/mol. The van der Waals surface area contributed by atoms with Crippen molar-refractivity contribution < 1.29 is 18.7 Å². The number of halogens is 2. The number of aliphatic hydroxyl groups is 1. The van der Waals surface area contributed by atoms with Crippen molar-refractivity contribution in [3.8, 4) is 0 Å². The summed E-state index contributed by atoms with van der Waals surface area (Å²) in [6, 6.07) is 3.00. The number of nitrogens with zero attached hydrogens (tertiary/aromatic N) is 2. The summed E-state index contributed by atoms with van der Waals surface area (Å²) in [6.45, 7) is 3.40. The molecule has 3 atom stereocenters. The van der Waals surface area contributed by atoms with E-state index in [0.29, 0.717) is 6.04 Å². The van der Waals surface area contributed by atoms with Crippen molar-refractivity contribution in [1.29, 1.82) is 0 Å². The Hall–Kier alpha value is -1.53. The first-order chi connectivity index (χ1) is 11.0. The van der Waals surface area contributed by atoms with E-state index in [-0.39, 0.29) is 31.0 Å². The SMILES string of the molecule is CC1CCCN1CC(=O)N1CC(O)CC1c1cc(F)ccc1F. The van der Waals surface area contributed by atoms with Gasteiger partial charge in [-0.3, -0.25) is 9.69 Å². The third-order valence-corrected chi connectivity index (χ3v) is 4.95. The predicted octanol–water partition coefficient (Wildman–Crippen LogP) is 2.08. The van der Waals surface area contributed by atoms with Crippen LogP contribution in [0, 0.1) is 11.6 Å². The second-order valence-electron chi connectivity index (χ2n) is 6.58.